The predicted molar refractivity (Wildman–Crippen MR) is 77.6 cm³/mol. The van der Waals surface area contributed by atoms with Crippen LogP contribution in [0.5, 0.6) is 5.75 Å². The lowest BCUT2D eigenvalue weighted by Crippen LogP contribution is -2.02. The number of aliphatic carboxylic acids is 1. The molecular weight excluding hydrogens is 290 g/mol. The zero-order chi connectivity index (χ0) is 16.1. The zero-order valence-corrected chi connectivity index (χ0v) is 11.7. The van der Waals surface area contributed by atoms with Crippen molar-refractivity contribution in [1.82, 2.24) is 9.78 Å². The van der Waals surface area contributed by atoms with Crippen molar-refractivity contribution in [3.8, 4) is 5.75 Å². The molecule has 1 N–H and O–H groups in total. The molecule has 1 heterocycles. The third-order valence-corrected chi connectivity index (χ3v) is 2.89. The minimum absolute atomic E-state index is 0.0964. The zero-order valence-electron chi connectivity index (χ0n) is 11.7. The summed E-state index contributed by atoms with van der Waals surface area (Å²) in [5.41, 5.74) is 1.31. The van der Waals surface area contributed by atoms with Gasteiger partial charge in [-0.25, -0.2) is 4.79 Å². The molecule has 0 atom stereocenters. The van der Waals surface area contributed by atoms with Crippen LogP contribution in [0, 0.1) is 10.1 Å². The van der Waals surface area contributed by atoms with Gasteiger partial charge in [0, 0.05) is 11.6 Å². The van der Waals surface area contributed by atoms with E-state index in [4.69, 9.17) is 9.84 Å². The lowest BCUT2D eigenvalue weighted by Gasteiger charge is -2.09. The van der Waals surface area contributed by atoms with Gasteiger partial charge in [-0.15, -0.1) is 0 Å². The van der Waals surface area contributed by atoms with Gasteiger partial charge in [0.2, 0.25) is 0 Å². The van der Waals surface area contributed by atoms with E-state index >= 15 is 0 Å². The first-order valence-corrected chi connectivity index (χ1v) is 6.24. The molecule has 0 unspecified atom stereocenters. The average molecular weight is 303 g/mol. The number of nitro groups is 1. The summed E-state index contributed by atoms with van der Waals surface area (Å²) >= 11 is 0. The van der Waals surface area contributed by atoms with Crippen LogP contribution >= 0.6 is 0 Å². The molecule has 0 radical (unpaired) electrons. The van der Waals surface area contributed by atoms with Gasteiger partial charge < -0.3 is 9.84 Å². The van der Waals surface area contributed by atoms with Crippen LogP contribution in [-0.2, 0) is 11.3 Å². The van der Waals surface area contributed by atoms with Gasteiger partial charge in [-0.3, -0.25) is 14.8 Å². The minimum Gasteiger partial charge on any atom is -0.496 e. The molecule has 22 heavy (non-hydrogen) atoms. The molecule has 1 aromatic heterocycles. The molecule has 8 nitrogen and oxygen atoms in total. The van der Waals surface area contributed by atoms with Crippen molar-refractivity contribution in [1.29, 1.82) is 0 Å². The molecule has 0 aliphatic heterocycles. The van der Waals surface area contributed by atoms with Crippen LogP contribution in [0.1, 0.15) is 11.1 Å². The Morgan fingerprint density at radius 1 is 1.55 bits per heavy atom. The third-order valence-electron chi connectivity index (χ3n) is 2.89. The molecule has 0 amide bonds. The molecule has 0 aliphatic carbocycles. The van der Waals surface area contributed by atoms with E-state index < -0.39 is 10.9 Å². The molecule has 2 rings (SSSR count). The van der Waals surface area contributed by atoms with Crippen LogP contribution in [0.3, 0.4) is 0 Å². The number of nitrogens with zero attached hydrogens (tertiary/aromatic N) is 3. The van der Waals surface area contributed by atoms with Gasteiger partial charge >= 0.3 is 11.7 Å². The normalized spacial score (nSPS) is 10.8. The number of rotatable bonds is 6. The Balaban J connectivity index is 2.28. The quantitative estimate of drug-likeness (QED) is 0.496. The van der Waals surface area contributed by atoms with Gasteiger partial charge in [0.15, 0.2) is 0 Å². The first-order chi connectivity index (χ1) is 10.5. The number of carboxylic acids is 1. The number of benzene rings is 1. The number of ether oxygens (including phenoxy) is 1. The minimum atomic E-state index is -1.04. The maximum absolute atomic E-state index is 10.7. The maximum atomic E-state index is 10.7. The first kappa shape index (κ1) is 15.2. The molecule has 8 heteroatoms. The summed E-state index contributed by atoms with van der Waals surface area (Å²) in [4.78, 5) is 20.7. The summed E-state index contributed by atoms with van der Waals surface area (Å²) in [6.45, 7) is 0.270. The van der Waals surface area contributed by atoms with Crippen molar-refractivity contribution in [3.63, 3.8) is 0 Å². The van der Waals surface area contributed by atoms with Crippen molar-refractivity contribution in [2.75, 3.05) is 7.11 Å². The summed E-state index contributed by atoms with van der Waals surface area (Å²) in [5, 5.41) is 23.2. The van der Waals surface area contributed by atoms with Gasteiger partial charge in [-0.05, 0) is 23.8 Å². The Hall–Kier alpha value is -3.16. The number of aromatic nitrogens is 2. The highest BCUT2D eigenvalue weighted by Crippen LogP contribution is 2.22. The Kier molecular flexibility index (Phi) is 4.52. The van der Waals surface area contributed by atoms with Crippen molar-refractivity contribution >= 4 is 17.7 Å². The molecule has 0 fully saturated rings. The average Bonchev–Trinajstić information content (AvgIpc) is 2.94. The van der Waals surface area contributed by atoms with Crippen LogP contribution in [0.15, 0.2) is 36.7 Å². The Labute approximate surface area is 125 Å². The number of hydrogen-bond acceptors (Lipinski definition) is 5. The Morgan fingerprint density at radius 2 is 2.32 bits per heavy atom. The molecular formula is C14H13N3O5. The second kappa shape index (κ2) is 6.53. The summed E-state index contributed by atoms with van der Waals surface area (Å²) in [6.07, 6.45) is 4.97. The van der Waals surface area contributed by atoms with Gasteiger partial charge in [0.1, 0.15) is 18.1 Å². The van der Waals surface area contributed by atoms with E-state index in [-0.39, 0.29) is 12.2 Å². The van der Waals surface area contributed by atoms with Crippen LogP contribution in [0.4, 0.5) is 5.69 Å². The predicted octanol–water partition coefficient (Wildman–Crippen LogP) is 1.95. The fourth-order valence-corrected chi connectivity index (χ4v) is 1.90. The summed E-state index contributed by atoms with van der Waals surface area (Å²) < 4.78 is 6.65. The monoisotopic (exact) mass is 303 g/mol. The van der Waals surface area contributed by atoms with Gasteiger partial charge in [0.05, 0.1) is 18.6 Å². The van der Waals surface area contributed by atoms with E-state index in [0.717, 1.165) is 11.6 Å². The summed E-state index contributed by atoms with van der Waals surface area (Å²) in [6, 6.07) is 5.16. The molecule has 0 bridgehead atoms. The lowest BCUT2D eigenvalue weighted by atomic mass is 10.1. The Morgan fingerprint density at radius 3 is 2.91 bits per heavy atom. The van der Waals surface area contributed by atoms with Gasteiger partial charge in [-0.1, -0.05) is 6.07 Å². The van der Waals surface area contributed by atoms with E-state index in [0.29, 0.717) is 11.3 Å². The fraction of sp³-hybridized carbons (Fsp3) is 0.143. The smallest absolute Gasteiger partial charge is 0.328 e. The van der Waals surface area contributed by atoms with Crippen molar-refractivity contribution in [3.05, 3.63) is 57.9 Å². The van der Waals surface area contributed by atoms with Crippen LogP contribution in [-0.4, -0.2) is 32.9 Å². The first-order valence-electron chi connectivity index (χ1n) is 6.24. The summed E-state index contributed by atoms with van der Waals surface area (Å²) in [7, 11) is 1.51. The lowest BCUT2D eigenvalue weighted by molar-refractivity contribution is -0.385. The topological polar surface area (TPSA) is 107 Å². The standard InChI is InChI=1S/C14H13N3O5/c1-22-13-4-2-10(3-5-14(18)19)6-11(13)8-16-9-12(7-15-16)17(20)21/h2-7,9H,8H2,1H3,(H,18,19). The molecule has 2 aromatic rings. The molecule has 0 saturated heterocycles. The number of methoxy groups -OCH3 is 1. The third kappa shape index (κ3) is 3.69. The highest BCUT2D eigenvalue weighted by atomic mass is 16.6. The molecule has 0 saturated carbocycles. The number of carbonyl (C=O) groups is 1. The second-order valence-electron chi connectivity index (χ2n) is 4.40. The highest BCUT2D eigenvalue weighted by Gasteiger charge is 2.11. The van der Waals surface area contributed by atoms with E-state index in [1.807, 2.05) is 0 Å². The number of carboxylic acid groups (broad SMARTS) is 1. The molecule has 114 valence electrons. The van der Waals surface area contributed by atoms with Crippen molar-refractivity contribution in [2.45, 2.75) is 6.54 Å². The second-order valence-corrected chi connectivity index (χ2v) is 4.40. The largest absolute Gasteiger partial charge is 0.496 e. The summed E-state index contributed by atoms with van der Waals surface area (Å²) in [5.74, 6) is -0.453. The fourth-order valence-electron chi connectivity index (χ4n) is 1.90. The van der Waals surface area contributed by atoms with E-state index in [1.54, 1.807) is 18.2 Å². The molecule has 0 spiro atoms. The molecule has 0 aliphatic rings. The van der Waals surface area contributed by atoms with E-state index in [2.05, 4.69) is 5.10 Å². The SMILES string of the molecule is COc1ccc(C=CC(=O)O)cc1Cn1cc([N+](=O)[O-])cn1. The Bertz CT molecular complexity index is 736. The van der Waals surface area contributed by atoms with Gasteiger partial charge in [-0.2, -0.15) is 5.10 Å². The van der Waals surface area contributed by atoms with Crippen molar-refractivity contribution < 1.29 is 19.6 Å². The van der Waals surface area contributed by atoms with Crippen LogP contribution in [0.2, 0.25) is 0 Å². The number of hydrogen-bond donors (Lipinski definition) is 1. The van der Waals surface area contributed by atoms with Crippen LogP contribution in [0.25, 0.3) is 6.08 Å². The highest BCUT2D eigenvalue weighted by molar-refractivity contribution is 5.85. The van der Waals surface area contributed by atoms with Gasteiger partial charge in [0.25, 0.3) is 0 Å². The molecule has 1 aromatic carbocycles. The maximum Gasteiger partial charge on any atom is 0.328 e. The van der Waals surface area contributed by atoms with E-state index in [9.17, 15) is 14.9 Å². The van der Waals surface area contributed by atoms with Crippen molar-refractivity contribution in [2.24, 2.45) is 0 Å². The van der Waals surface area contributed by atoms with E-state index in [1.165, 1.54) is 30.3 Å². The van der Waals surface area contributed by atoms with Crippen LogP contribution < -0.4 is 4.74 Å².